The van der Waals surface area contributed by atoms with E-state index in [2.05, 4.69) is 30.0 Å². The zero-order valence-corrected chi connectivity index (χ0v) is 13.5. The summed E-state index contributed by atoms with van der Waals surface area (Å²) in [5.41, 5.74) is 8.52. The van der Waals surface area contributed by atoms with E-state index < -0.39 is 0 Å². The maximum absolute atomic E-state index is 12.8. The summed E-state index contributed by atoms with van der Waals surface area (Å²) >= 11 is 0. The van der Waals surface area contributed by atoms with Crippen molar-refractivity contribution in [2.45, 2.75) is 51.1 Å². The molecule has 2 N–H and O–H groups in total. The second kappa shape index (κ2) is 6.80. The monoisotopic (exact) mass is 301 g/mol. The van der Waals surface area contributed by atoms with Crippen LogP contribution in [-0.4, -0.2) is 42.5 Å². The molecule has 1 amide bonds. The number of likely N-dealkylation sites (tertiary alicyclic amines) is 1. The van der Waals surface area contributed by atoms with Gasteiger partial charge in [0.2, 0.25) is 5.91 Å². The lowest BCUT2D eigenvalue weighted by molar-refractivity contribution is -0.120. The molecule has 2 heterocycles. The third-order valence-corrected chi connectivity index (χ3v) is 5.02. The number of rotatable bonds is 3. The largest absolute Gasteiger partial charge is 0.327 e. The number of fused-ring (bicyclic) bond motifs is 1. The standard InChI is InChI=1S/C18H27N3O/c1-14(19)16-9-4-5-11-20(16)13-18(22)21-12-6-8-15-7-2-3-10-17(15)21/h2-3,7,10,14,16H,4-6,8-9,11-13,19H2,1H3. The van der Waals surface area contributed by atoms with Gasteiger partial charge in [-0.25, -0.2) is 0 Å². The number of nitrogens with zero attached hydrogens (tertiary/aromatic N) is 2. The average molecular weight is 301 g/mol. The van der Waals surface area contributed by atoms with Gasteiger partial charge in [0.25, 0.3) is 0 Å². The predicted molar refractivity (Wildman–Crippen MR) is 90.0 cm³/mol. The highest BCUT2D eigenvalue weighted by atomic mass is 16.2. The molecule has 1 saturated heterocycles. The summed E-state index contributed by atoms with van der Waals surface area (Å²) in [5.74, 6) is 0.222. The maximum Gasteiger partial charge on any atom is 0.241 e. The average Bonchev–Trinajstić information content (AvgIpc) is 2.54. The zero-order chi connectivity index (χ0) is 15.5. The van der Waals surface area contributed by atoms with E-state index in [0.29, 0.717) is 12.6 Å². The normalized spacial score (nSPS) is 23.9. The molecule has 3 rings (SSSR count). The molecule has 0 spiro atoms. The van der Waals surface area contributed by atoms with Crippen LogP contribution in [0.15, 0.2) is 24.3 Å². The number of amides is 1. The number of hydrogen-bond acceptors (Lipinski definition) is 3. The Kier molecular flexibility index (Phi) is 4.79. The lowest BCUT2D eigenvalue weighted by Gasteiger charge is -2.39. The lowest BCUT2D eigenvalue weighted by Crippen LogP contribution is -2.53. The first-order valence-corrected chi connectivity index (χ1v) is 8.54. The third kappa shape index (κ3) is 3.18. The van der Waals surface area contributed by atoms with Gasteiger partial charge >= 0.3 is 0 Å². The Hall–Kier alpha value is -1.39. The number of hydrogen-bond donors (Lipinski definition) is 1. The maximum atomic E-state index is 12.8. The molecule has 0 aliphatic carbocycles. The number of para-hydroxylation sites is 1. The van der Waals surface area contributed by atoms with Crippen LogP contribution in [0.25, 0.3) is 0 Å². The van der Waals surface area contributed by atoms with E-state index >= 15 is 0 Å². The van der Waals surface area contributed by atoms with E-state index in [1.54, 1.807) is 0 Å². The molecule has 120 valence electrons. The Bertz CT molecular complexity index is 529. The summed E-state index contributed by atoms with van der Waals surface area (Å²) in [5, 5.41) is 0. The number of carbonyl (C=O) groups is 1. The minimum Gasteiger partial charge on any atom is -0.327 e. The van der Waals surface area contributed by atoms with Gasteiger partial charge in [0, 0.05) is 24.3 Å². The molecule has 0 saturated carbocycles. The number of carbonyl (C=O) groups excluding carboxylic acids is 1. The molecule has 0 aromatic heterocycles. The van der Waals surface area contributed by atoms with E-state index in [9.17, 15) is 4.79 Å². The second-order valence-corrected chi connectivity index (χ2v) is 6.67. The molecule has 4 nitrogen and oxygen atoms in total. The first-order valence-electron chi connectivity index (χ1n) is 8.54. The lowest BCUT2D eigenvalue weighted by atomic mass is 9.96. The quantitative estimate of drug-likeness (QED) is 0.931. The number of benzene rings is 1. The van der Waals surface area contributed by atoms with Crippen LogP contribution in [0.1, 0.15) is 38.2 Å². The summed E-state index contributed by atoms with van der Waals surface area (Å²) in [6, 6.07) is 8.77. The zero-order valence-electron chi connectivity index (χ0n) is 13.5. The molecule has 0 radical (unpaired) electrons. The molecule has 0 bridgehead atoms. The van der Waals surface area contributed by atoms with Crippen LogP contribution in [0, 0.1) is 0 Å². The number of piperidine rings is 1. The first-order chi connectivity index (χ1) is 10.7. The SMILES string of the molecule is CC(N)C1CCCCN1CC(=O)N1CCCc2ccccc21. The predicted octanol–water partition coefficient (Wildman–Crippen LogP) is 2.17. The van der Waals surface area contributed by atoms with Gasteiger partial charge in [0.1, 0.15) is 0 Å². The van der Waals surface area contributed by atoms with Crippen LogP contribution >= 0.6 is 0 Å². The highest BCUT2D eigenvalue weighted by Crippen LogP contribution is 2.27. The van der Waals surface area contributed by atoms with Crippen LogP contribution in [-0.2, 0) is 11.2 Å². The van der Waals surface area contributed by atoms with Crippen molar-refractivity contribution in [1.82, 2.24) is 4.90 Å². The summed E-state index contributed by atoms with van der Waals surface area (Å²) in [7, 11) is 0. The van der Waals surface area contributed by atoms with Crippen LogP contribution in [0.3, 0.4) is 0 Å². The molecule has 2 unspecified atom stereocenters. The molecule has 2 aliphatic rings. The minimum atomic E-state index is 0.127. The van der Waals surface area contributed by atoms with Gasteiger partial charge in [-0.2, -0.15) is 0 Å². The fraction of sp³-hybridized carbons (Fsp3) is 0.611. The molecular weight excluding hydrogens is 274 g/mol. The molecule has 2 aliphatic heterocycles. The van der Waals surface area contributed by atoms with Crippen molar-refractivity contribution in [1.29, 1.82) is 0 Å². The number of aryl methyl sites for hydroxylation is 1. The number of anilines is 1. The van der Waals surface area contributed by atoms with Crippen molar-refractivity contribution in [3.63, 3.8) is 0 Å². The van der Waals surface area contributed by atoms with Crippen LogP contribution in [0.5, 0.6) is 0 Å². The fourth-order valence-corrected chi connectivity index (χ4v) is 3.86. The number of nitrogens with two attached hydrogens (primary N) is 1. The molecule has 1 aromatic rings. The van der Waals surface area contributed by atoms with Crippen molar-refractivity contribution in [3.05, 3.63) is 29.8 Å². The van der Waals surface area contributed by atoms with E-state index in [4.69, 9.17) is 5.73 Å². The molecule has 4 heteroatoms. The van der Waals surface area contributed by atoms with Crippen molar-refractivity contribution in [2.24, 2.45) is 5.73 Å². The van der Waals surface area contributed by atoms with Crippen molar-refractivity contribution < 1.29 is 4.79 Å². The third-order valence-electron chi connectivity index (χ3n) is 5.02. The Morgan fingerprint density at radius 2 is 2.09 bits per heavy atom. The van der Waals surface area contributed by atoms with E-state index in [-0.39, 0.29) is 11.9 Å². The van der Waals surface area contributed by atoms with Gasteiger partial charge in [-0.15, -0.1) is 0 Å². The highest BCUT2D eigenvalue weighted by Gasteiger charge is 2.29. The Balaban J connectivity index is 1.72. The van der Waals surface area contributed by atoms with E-state index in [1.807, 2.05) is 11.0 Å². The van der Waals surface area contributed by atoms with Crippen LogP contribution < -0.4 is 10.6 Å². The minimum absolute atomic E-state index is 0.127. The smallest absolute Gasteiger partial charge is 0.241 e. The molecule has 22 heavy (non-hydrogen) atoms. The fourth-order valence-electron chi connectivity index (χ4n) is 3.86. The van der Waals surface area contributed by atoms with E-state index in [1.165, 1.54) is 18.4 Å². The topological polar surface area (TPSA) is 49.6 Å². The van der Waals surface area contributed by atoms with E-state index in [0.717, 1.165) is 38.0 Å². The Labute approximate surface area is 133 Å². The molecule has 1 aromatic carbocycles. The first kappa shape index (κ1) is 15.5. The molecular formula is C18H27N3O. The van der Waals surface area contributed by atoms with Gasteiger partial charge in [-0.1, -0.05) is 24.6 Å². The Morgan fingerprint density at radius 3 is 2.91 bits per heavy atom. The Morgan fingerprint density at radius 1 is 1.27 bits per heavy atom. The highest BCUT2D eigenvalue weighted by molar-refractivity contribution is 5.96. The molecule has 1 fully saturated rings. The summed E-state index contributed by atoms with van der Waals surface area (Å²) in [6.45, 7) is 4.39. The second-order valence-electron chi connectivity index (χ2n) is 6.67. The van der Waals surface area contributed by atoms with Crippen LogP contribution in [0.2, 0.25) is 0 Å². The van der Waals surface area contributed by atoms with Gasteiger partial charge in [0.15, 0.2) is 0 Å². The van der Waals surface area contributed by atoms with Crippen molar-refractivity contribution in [2.75, 3.05) is 24.5 Å². The van der Waals surface area contributed by atoms with Crippen molar-refractivity contribution >= 4 is 11.6 Å². The van der Waals surface area contributed by atoms with Gasteiger partial charge < -0.3 is 10.6 Å². The van der Waals surface area contributed by atoms with Crippen LogP contribution in [0.4, 0.5) is 5.69 Å². The summed E-state index contributed by atoms with van der Waals surface area (Å²) in [6.07, 6.45) is 5.64. The van der Waals surface area contributed by atoms with Crippen molar-refractivity contribution in [3.8, 4) is 0 Å². The molecule has 2 atom stereocenters. The summed E-state index contributed by atoms with van der Waals surface area (Å²) < 4.78 is 0. The summed E-state index contributed by atoms with van der Waals surface area (Å²) in [4.78, 5) is 17.1. The van der Waals surface area contributed by atoms with Gasteiger partial charge in [-0.3, -0.25) is 9.69 Å². The van der Waals surface area contributed by atoms with Gasteiger partial charge in [0.05, 0.1) is 6.54 Å². The van der Waals surface area contributed by atoms with Gasteiger partial charge in [-0.05, 0) is 50.8 Å².